The topological polar surface area (TPSA) is 109 Å². The molecule has 0 aromatic carbocycles. The number of carbonyl (C=O) groups excluding carboxylic acids is 3. The minimum atomic E-state index is -0.880. The van der Waals surface area contributed by atoms with Gasteiger partial charge in [0.05, 0.1) is 6.04 Å². The second-order valence-electron chi connectivity index (χ2n) is 3.53. The fourth-order valence-corrected chi connectivity index (χ4v) is 1.26. The van der Waals surface area contributed by atoms with Crippen LogP contribution in [0.1, 0.15) is 19.8 Å². The molecule has 0 aliphatic heterocycles. The van der Waals surface area contributed by atoms with Crippen molar-refractivity contribution in [1.82, 2.24) is 5.32 Å². The number of rotatable bonds is 8. The van der Waals surface area contributed by atoms with E-state index in [9.17, 15) is 14.4 Å². The maximum Gasteiger partial charge on any atom is 0.323 e. The largest absolute Gasteiger partial charge is 0.372 e. The molecular weight excluding hydrogens is 258 g/mol. The third-order valence-electron chi connectivity index (χ3n) is 2.22. The average molecular weight is 273 g/mol. The lowest BCUT2D eigenvalue weighted by Crippen LogP contribution is -2.44. The van der Waals surface area contributed by atoms with Gasteiger partial charge in [-0.15, -0.1) is 12.6 Å². The number of ether oxygens (including phenoxy) is 1. The van der Waals surface area contributed by atoms with Crippen molar-refractivity contribution < 1.29 is 23.9 Å². The summed E-state index contributed by atoms with van der Waals surface area (Å²) in [6.07, 6.45) is 0.0763. The first-order chi connectivity index (χ1) is 8.42. The number of thiol groups is 1. The van der Waals surface area contributed by atoms with Gasteiger partial charge in [-0.05, 0) is 13.3 Å². The van der Waals surface area contributed by atoms with Crippen LogP contribution in [0.5, 0.6) is 0 Å². The van der Waals surface area contributed by atoms with Crippen LogP contribution in [0.4, 0.5) is 0 Å². The number of Topliss-reactive ketones (excluding diaryl/α,β-unsaturated/α-hetero) is 1. The second-order valence-corrected chi connectivity index (χ2v) is 3.97. The van der Waals surface area contributed by atoms with Gasteiger partial charge in [0.2, 0.25) is 16.8 Å². The zero-order chi connectivity index (χ0) is 14.1. The van der Waals surface area contributed by atoms with Crippen LogP contribution in [0.25, 0.3) is 5.53 Å². The van der Waals surface area contributed by atoms with Crippen molar-refractivity contribution >= 4 is 35.6 Å². The Labute approximate surface area is 110 Å². The zero-order valence-corrected chi connectivity index (χ0v) is 11.0. The smallest absolute Gasteiger partial charge is 0.323 e. The summed E-state index contributed by atoms with van der Waals surface area (Å²) in [4.78, 5) is 36.3. The summed E-state index contributed by atoms with van der Waals surface area (Å²) in [5.74, 6) is -0.917. The van der Waals surface area contributed by atoms with Crippen molar-refractivity contribution in [1.29, 1.82) is 0 Å². The number of methoxy groups -OCH3 is 1. The molecule has 1 amide bonds. The van der Waals surface area contributed by atoms with Gasteiger partial charge in [0, 0.05) is 13.5 Å². The van der Waals surface area contributed by atoms with Crippen LogP contribution in [0.2, 0.25) is 0 Å². The van der Waals surface area contributed by atoms with Gasteiger partial charge in [-0.2, -0.15) is 4.79 Å². The molecule has 0 bridgehead atoms. The van der Waals surface area contributed by atoms with E-state index in [0.29, 0.717) is 0 Å². The van der Waals surface area contributed by atoms with Crippen molar-refractivity contribution in [2.45, 2.75) is 31.9 Å². The number of carbonyl (C=O) groups is 3. The van der Waals surface area contributed by atoms with Crippen molar-refractivity contribution in [3.63, 3.8) is 0 Å². The molecule has 0 aromatic rings. The van der Waals surface area contributed by atoms with Crippen LogP contribution in [-0.2, 0) is 19.1 Å². The van der Waals surface area contributed by atoms with Gasteiger partial charge < -0.3 is 15.6 Å². The van der Waals surface area contributed by atoms with Crippen LogP contribution < -0.4 is 5.32 Å². The third-order valence-corrected chi connectivity index (χ3v) is 2.53. The number of nitrogens with zero attached hydrogens (tertiary/aromatic N) is 2. The molecule has 8 heteroatoms. The second kappa shape index (κ2) is 8.57. The summed E-state index contributed by atoms with van der Waals surface area (Å²) in [5, 5.41) is 1.86. The predicted octanol–water partition coefficient (Wildman–Crippen LogP) is -0.388. The molecule has 100 valence electrons. The molecular formula is C10H15N3O4S. The lowest BCUT2D eigenvalue weighted by molar-refractivity contribution is -0.132. The van der Waals surface area contributed by atoms with Gasteiger partial charge >= 0.3 is 6.21 Å². The zero-order valence-electron chi connectivity index (χ0n) is 10.1. The van der Waals surface area contributed by atoms with E-state index in [4.69, 9.17) is 10.3 Å². The standard InChI is InChI=1S/C10H15N3O4S/c1-6(17-2)9(15)13-8(10(16)18)4-3-7(14)5-12-11/h5-6,8H,3-4H2,1-2H3,(H,13,15)(H,16,18). The first kappa shape index (κ1) is 16.5. The first-order valence-electron chi connectivity index (χ1n) is 5.18. The maximum atomic E-state index is 11.5. The van der Waals surface area contributed by atoms with E-state index in [1.165, 1.54) is 14.0 Å². The van der Waals surface area contributed by atoms with E-state index in [1.54, 1.807) is 0 Å². The van der Waals surface area contributed by atoms with E-state index >= 15 is 0 Å². The number of hydrogen-bond donors (Lipinski definition) is 2. The quantitative estimate of drug-likeness (QED) is 0.272. The summed E-state index contributed by atoms with van der Waals surface area (Å²) in [5.41, 5.74) is 8.14. The minimum absolute atomic E-state index is 0.0390. The van der Waals surface area contributed by atoms with Crippen LogP contribution in [0, 0.1) is 0 Å². The summed E-state index contributed by atoms with van der Waals surface area (Å²) in [6.45, 7) is 1.53. The summed E-state index contributed by atoms with van der Waals surface area (Å²) >= 11 is 3.63. The van der Waals surface area contributed by atoms with Gasteiger partial charge in [-0.25, -0.2) is 0 Å². The molecule has 0 fully saturated rings. The van der Waals surface area contributed by atoms with E-state index in [-0.39, 0.29) is 12.8 Å². The Morgan fingerprint density at radius 1 is 1.50 bits per heavy atom. The number of hydrogen-bond acceptors (Lipinski definition) is 4. The summed E-state index contributed by atoms with van der Waals surface area (Å²) < 4.78 is 4.79. The molecule has 2 unspecified atom stereocenters. The highest BCUT2D eigenvalue weighted by Crippen LogP contribution is 2.03. The Morgan fingerprint density at radius 3 is 2.56 bits per heavy atom. The molecule has 0 heterocycles. The molecule has 0 saturated heterocycles. The Balaban J connectivity index is 4.41. The van der Waals surface area contributed by atoms with Crippen LogP contribution in [0.3, 0.4) is 0 Å². The number of ketones is 1. The Kier molecular flexibility index (Phi) is 7.86. The number of amides is 1. The van der Waals surface area contributed by atoms with Gasteiger partial charge in [0.25, 0.3) is 0 Å². The van der Waals surface area contributed by atoms with Crippen molar-refractivity contribution in [3.05, 3.63) is 5.53 Å². The molecule has 0 aliphatic rings. The molecule has 1 N–H and O–H groups in total. The van der Waals surface area contributed by atoms with Gasteiger partial charge in [-0.1, -0.05) is 0 Å². The Hall–Kier alpha value is -1.50. The molecule has 0 aliphatic carbocycles. The van der Waals surface area contributed by atoms with Gasteiger partial charge in [-0.3, -0.25) is 14.4 Å². The van der Waals surface area contributed by atoms with Crippen LogP contribution in [0.15, 0.2) is 0 Å². The fourth-order valence-electron chi connectivity index (χ4n) is 1.07. The molecule has 0 radical (unpaired) electrons. The highest BCUT2D eigenvalue weighted by Gasteiger charge is 2.22. The van der Waals surface area contributed by atoms with Gasteiger partial charge in [0.1, 0.15) is 6.10 Å². The van der Waals surface area contributed by atoms with Gasteiger partial charge in [0.15, 0.2) is 0 Å². The average Bonchev–Trinajstić information content (AvgIpc) is 2.32. The van der Waals surface area contributed by atoms with Crippen molar-refractivity contribution in [2.24, 2.45) is 0 Å². The van der Waals surface area contributed by atoms with Crippen LogP contribution in [-0.4, -0.2) is 47.1 Å². The Morgan fingerprint density at radius 2 is 2.11 bits per heavy atom. The molecule has 0 aromatic heterocycles. The van der Waals surface area contributed by atoms with Crippen molar-refractivity contribution in [3.8, 4) is 0 Å². The SMILES string of the molecule is COC(C)C(=O)NC(CCC(=O)C=[N+]=[N-])C(=O)S. The van der Waals surface area contributed by atoms with E-state index in [1.807, 2.05) is 0 Å². The molecule has 7 nitrogen and oxygen atoms in total. The molecule has 0 saturated carbocycles. The highest BCUT2D eigenvalue weighted by molar-refractivity contribution is 7.96. The monoisotopic (exact) mass is 273 g/mol. The maximum absolute atomic E-state index is 11.5. The predicted molar refractivity (Wildman–Crippen MR) is 66.3 cm³/mol. The van der Waals surface area contributed by atoms with E-state index < -0.39 is 29.0 Å². The van der Waals surface area contributed by atoms with Crippen molar-refractivity contribution in [2.75, 3.05) is 7.11 Å². The number of nitrogens with one attached hydrogen (secondary N) is 1. The van der Waals surface area contributed by atoms with E-state index in [2.05, 4.69) is 22.7 Å². The Bertz CT molecular complexity index is 379. The minimum Gasteiger partial charge on any atom is -0.372 e. The molecule has 0 spiro atoms. The molecule has 18 heavy (non-hydrogen) atoms. The van der Waals surface area contributed by atoms with E-state index in [0.717, 1.165) is 6.21 Å². The summed E-state index contributed by atoms with van der Waals surface area (Å²) in [7, 11) is 1.36. The third kappa shape index (κ3) is 6.29. The summed E-state index contributed by atoms with van der Waals surface area (Å²) in [6, 6.07) is -0.880. The highest BCUT2D eigenvalue weighted by atomic mass is 32.1. The van der Waals surface area contributed by atoms with Crippen LogP contribution >= 0.6 is 12.6 Å². The lowest BCUT2D eigenvalue weighted by atomic mass is 10.1. The first-order valence-corrected chi connectivity index (χ1v) is 5.63. The molecule has 2 atom stereocenters. The molecule has 0 rings (SSSR count). The lowest BCUT2D eigenvalue weighted by Gasteiger charge is -2.16. The fraction of sp³-hybridized carbons (Fsp3) is 0.600. The normalized spacial score (nSPS) is 13.1.